The lowest BCUT2D eigenvalue weighted by Gasteiger charge is -2.42. The Kier molecular flexibility index (Phi) is 3.75. The molecule has 5 N–H and O–H groups in total. The van der Waals surface area contributed by atoms with Gasteiger partial charge in [0.1, 0.15) is 24.4 Å². The van der Waals surface area contributed by atoms with Crippen molar-refractivity contribution in [2.75, 3.05) is 19.7 Å². The molecule has 0 aromatic heterocycles. The van der Waals surface area contributed by atoms with Crippen LogP contribution in [-0.4, -0.2) is 76.9 Å². The van der Waals surface area contributed by atoms with Crippen LogP contribution in [0.4, 0.5) is 0 Å². The van der Waals surface area contributed by atoms with Crippen LogP contribution in [0, 0.1) is 0 Å². The first kappa shape index (κ1) is 12.2. The predicted molar refractivity (Wildman–Crippen MR) is 51.5 cm³/mol. The molecule has 0 aromatic carbocycles. The second kappa shape index (κ2) is 4.92. The van der Waals surface area contributed by atoms with Crippen LogP contribution in [0.5, 0.6) is 0 Å². The molecule has 0 saturated carbocycles. The van der Waals surface area contributed by atoms with Crippen molar-refractivity contribution in [1.82, 2.24) is 5.32 Å². The van der Waals surface area contributed by atoms with Gasteiger partial charge in [0.05, 0.1) is 12.7 Å². The minimum atomic E-state index is -1.37. The molecule has 7 nitrogen and oxygen atoms in total. The van der Waals surface area contributed by atoms with Crippen LogP contribution < -0.4 is 5.32 Å². The lowest BCUT2D eigenvalue weighted by Crippen LogP contribution is -2.61. The molecular weight excluding hydrogens is 218 g/mol. The first-order valence-electron chi connectivity index (χ1n) is 5.30. The summed E-state index contributed by atoms with van der Waals surface area (Å²) < 4.78 is 10.6. The van der Waals surface area contributed by atoms with E-state index in [0.29, 0.717) is 13.1 Å². The highest BCUT2D eigenvalue weighted by atomic mass is 16.7. The molecule has 2 fully saturated rings. The molecule has 0 amide bonds. The summed E-state index contributed by atoms with van der Waals surface area (Å²) in [6, 6.07) is 0. The monoisotopic (exact) mass is 235 g/mol. The fraction of sp³-hybridized carbons (Fsp3) is 1.00. The molecule has 0 bridgehead atoms. The molecule has 94 valence electrons. The van der Waals surface area contributed by atoms with Crippen molar-refractivity contribution in [1.29, 1.82) is 0 Å². The number of rotatable bonds is 3. The third kappa shape index (κ3) is 2.21. The highest BCUT2D eigenvalue weighted by Crippen LogP contribution is 2.23. The Morgan fingerprint density at radius 3 is 2.31 bits per heavy atom. The van der Waals surface area contributed by atoms with Crippen molar-refractivity contribution < 1.29 is 29.9 Å². The Hall–Kier alpha value is -0.280. The van der Waals surface area contributed by atoms with E-state index in [0.717, 1.165) is 0 Å². The Labute approximate surface area is 92.6 Å². The largest absolute Gasteiger partial charge is 0.394 e. The highest BCUT2D eigenvalue weighted by molar-refractivity contribution is 4.90. The molecule has 2 rings (SSSR count). The van der Waals surface area contributed by atoms with Crippen LogP contribution in [0.1, 0.15) is 0 Å². The topological polar surface area (TPSA) is 111 Å². The minimum absolute atomic E-state index is 0.0681. The summed E-state index contributed by atoms with van der Waals surface area (Å²) in [5, 5.41) is 40.6. The lowest BCUT2D eigenvalue weighted by molar-refractivity contribution is -0.313. The molecule has 2 heterocycles. The minimum Gasteiger partial charge on any atom is -0.394 e. The van der Waals surface area contributed by atoms with Crippen LogP contribution in [0.15, 0.2) is 0 Å². The van der Waals surface area contributed by atoms with E-state index in [4.69, 9.17) is 14.6 Å². The zero-order chi connectivity index (χ0) is 11.7. The van der Waals surface area contributed by atoms with Crippen molar-refractivity contribution in [2.45, 2.75) is 36.8 Å². The van der Waals surface area contributed by atoms with E-state index in [1.54, 1.807) is 0 Å². The van der Waals surface area contributed by atoms with Gasteiger partial charge < -0.3 is 35.2 Å². The Morgan fingerprint density at radius 2 is 1.81 bits per heavy atom. The molecule has 16 heavy (non-hydrogen) atoms. The average molecular weight is 235 g/mol. The van der Waals surface area contributed by atoms with Crippen LogP contribution in [0.2, 0.25) is 0 Å². The number of aliphatic hydroxyl groups excluding tert-OH is 4. The van der Waals surface area contributed by atoms with Crippen LogP contribution in [-0.2, 0) is 9.47 Å². The van der Waals surface area contributed by atoms with Gasteiger partial charge in [0.2, 0.25) is 0 Å². The average Bonchev–Trinajstić information content (AvgIpc) is 2.23. The third-order valence-corrected chi connectivity index (χ3v) is 2.92. The van der Waals surface area contributed by atoms with E-state index in [-0.39, 0.29) is 6.10 Å². The second-order valence-corrected chi connectivity index (χ2v) is 4.11. The molecule has 2 saturated heterocycles. The molecule has 3 unspecified atom stereocenters. The summed E-state index contributed by atoms with van der Waals surface area (Å²) >= 11 is 0. The number of hydrogen-bond donors (Lipinski definition) is 5. The van der Waals surface area contributed by atoms with Gasteiger partial charge in [-0.25, -0.2) is 0 Å². The smallest absolute Gasteiger partial charge is 0.187 e. The van der Waals surface area contributed by atoms with Gasteiger partial charge in [0.25, 0.3) is 0 Å². The Balaban J connectivity index is 1.95. The zero-order valence-corrected chi connectivity index (χ0v) is 8.69. The summed E-state index contributed by atoms with van der Waals surface area (Å²) in [6.45, 7) is 0.887. The van der Waals surface area contributed by atoms with Crippen molar-refractivity contribution >= 4 is 0 Å². The first-order valence-corrected chi connectivity index (χ1v) is 5.30. The number of nitrogens with one attached hydrogen (secondary N) is 1. The van der Waals surface area contributed by atoms with Gasteiger partial charge in [0.15, 0.2) is 6.29 Å². The van der Waals surface area contributed by atoms with Gasteiger partial charge >= 0.3 is 0 Å². The summed E-state index contributed by atoms with van der Waals surface area (Å²) in [7, 11) is 0. The van der Waals surface area contributed by atoms with Gasteiger partial charge in [-0.1, -0.05) is 0 Å². The van der Waals surface area contributed by atoms with E-state index >= 15 is 0 Å². The summed E-state index contributed by atoms with van der Waals surface area (Å²) in [5.74, 6) is 0. The van der Waals surface area contributed by atoms with E-state index in [2.05, 4.69) is 5.32 Å². The maximum absolute atomic E-state index is 9.63. The molecule has 7 heteroatoms. The van der Waals surface area contributed by atoms with Crippen molar-refractivity contribution in [3.8, 4) is 0 Å². The fourth-order valence-corrected chi connectivity index (χ4v) is 1.73. The number of ether oxygens (including phenoxy) is 2. The predicted octanol–water partition coefficient (Wildman–Crippen LogP) is -3.23. The Morgan fingerprint density at radius 1 is 1.12 bits per heavy atom. The van der Waals surface area contributed by atoms with E-state index in [1.165, 1.54) is 0 Å². The molecule has 0 spiro atoms. The third-order valence-electron chi connectivity index (χ3n) is 2.92. The van der Waals surface area contributed by atoms with E-state index < -0.39 is 37.3 Å². The molecule has 0 aliphatic carbocycles. The van der Waals surface area contributed by atoms with Crippen LogP contribution in [0.25, 0.3) is 0 Å². The van der Waals surface area contributed by atoms with Gasteiger partial charge in [0, 0.05) is 13.1 Å². The number of aliphatic hydroxyl groups is 4. The normalized spacial score (nSPS) is 45.4. The van der Waals surface area contributed by atoms with Crippen molar-refractivity contribution in [3.05, 3.63) is 0 Å². The molecule has 5 atom stereocenters. The second-order valence-electron chi connectivity index (χ2n) is 4.11. The summed E-state index contributed by atoms with van der Waals surface area (Å²) in [6.07, 6.45) is -6.00. The quantitative estimate of drug-likeness (QED) is 0.350. The standard InChI is InChI=1S/C9H17NO6/c11-3-5-6(12)7(13)8(14)9(16-5)15-4-1-10-2-4/h4-14H,1-3H2/t5?,6-,7?,8?,9+/m1/s1. The van der Waals surface area contributed by atoms with Gasteiger partial charge in [-0.2, -0.15) is 0 Å². The first-order chi connectivity index (χ1) is 7.63. The molecule has 2 aliphatic heterocycles. The van der Waals surface area contributed by atoms with Crippen molar-refractivity contribution in [3.63, 3.8) is 0 Å². The van der Waals surface area contributed by atoms with Crippen molar-refractivity contribution in [2.24, 2.45) is 0 Å². The molecule has 2 aliphatic rings. The Bertz CT molecular complexity index is 234. The SMILES string of the molecule is OCC1O[C@H](OC2CNC2)C(O)C(O)[C@@H]1O. The highest BCUT2D eigenvalue weighted by Gasteiger charge is 2.45. The van der Waals surface area contributed by atoms with Crippen LogP contribution >= 0.6 is 0 Å². The maximum atomic E-state index is 9.63. The fourth-order valence-electron chi connectivity index (χ4n) is 1.73. The number of hydrogen-bond acceptors (Lipinski definition) is 7. The lowest BCUT2D eigenvalue weighted by atomic mass is 9.99. The molecular formula is C9H17NO6. The molecule has 0 radical (unpaired) electrons. The van der Waals surface area contributed by atoms with Crippen LogP contribution in [0.3, 0.4) is 0 Å². The van der Waals surface area contributed by atoms with E-state index in [9.17, 15) is 15.3 Å². The van der Waals surface area contributed by atoms with Gasteiger partial charge in [-0.15, -0.1) is 0 Å². The molecule has 0 aromatic rings. The summed E-state index contributed by atoms with van der Waals surface area (Å²) in [4.78, 5) is 0. The van der Waals surface area contributed by atoms with Gasteiger partial charge in [-0.3, -0.25) is 0 Å². The maximum Gasteiger partial charge on any atom is 0.187 e. The van der Waals surface area contributed by atoms with E-state index in [1.807, 2.05) is 0 Å². The zero-order valence-electron chi connectivity index (χ0n) is 8.69. The summed E-state index contributed by atoms with van der Waals surface area (Å²) in [5.41, 5.74) is 0. The van der Waals surface area contributed by atoms with Gasteiger partial charge in [-0.05, 0) is 0 Å².